The maximum Gasteiger partial charge on any atom is 0.438 e. The molecule has 0 saturated heterocycles. The van der Waals surface area contributed by atoms with Crippen LogP contribution < -0.4 is 4.90 Å². The number of para-hydroxylation sites is 2. The third-order valence-corrected chi connectivity index (χ3v) is 4.01. The van der Waals surface area contributed by atoms with Gasteiger partial charge in [0.25, 0.3) is 0 Å². The molecule has 1 amide bonds. The van der Waals surface area contributed by atoms with Crippen molar-refractivity contribution in [2.45, 2.75) is 9.79 Å². The number of hydroxylamine groups is 2. The van der Waals surface area contributed by atoms with E-state index in [4.69, 9.17) is 4.84 Å². The zero-order valence-electron chi connectivity index (χ0n) is 11.2. The van der Waals surface area contributed by atoms with Crippen LogP contribution in [0.15, 0.2) is 58.3 Å². The molecule has 2 aromatic rings. The molecule has 3 rings (SSSR count). The first-order valence-electron chi connectivity index (χ1n) is 6.22. The van der Waals surface area contributed by atoms with Crippen LogP contribution in [0.2, 0.25) is 0 Å². The number of anilines is 2. The van der Waals surface area contributed by atoms with Crippen molar-refractivity contribution in [1.29, 1.82) is 0 Å². The summed E-state index contributed by atoms with van der Waals surface area (Å²) in [5.74, 6) is 0. The molecule has 0 radical (unpaired) electrons. The van der Waals surface area contributed by atoms with Gasteiger partial charge in [-0.3, -0.25) is 0 Å². The number of amides is 1. The molecule has 0 spiro atoms. The van der Waals surface area contributed by atoms with Crippen LogP contribution in [-0.4, -0.2) is 25.3 Å². The Hall–Kier alpha value is -1.98. The van der Waals surface area contributed by atoms with E-state index in [9.17, 15) is 4.79 Å². The van der Waals surface area contributed by atoms with Gasteiger partial charge in [0.2, 0.25) is 0 Å². The van der Waals surface area contributed by atoms with Gasteiger partial charge in [0, 0.05) is 23.9 Å². The van der Waals surface area contributed by atoms with Crippen LogP contribution >= 0.6 is 11.8 Å². The van der Waals surface area contributed by atoms with Crippen molar-refractivity contribution in [3.8, 4) is 0 Å². The highest BCUT2D eigenvalue weighted by atomic mass is 32.2. The third kappa shape index (κ3) is 2.26. The van der Waals surface area contributed by atoms with Gasteiger partial charge in [-0.25, -0.2) is 9.69 Å². The van der Waals surface area contributed by atoms with Gasteiger partial charge in [0.05, 0.1) is 11.4 Å². The van der Waals surface area contributed by atoms with Gasteiger partial charge >= 0.3 is 6.09 Å². The molecule has 1 heterocycles. The van der Waals surface area contributed by atoms with Crippen LogP contribution in [-0.2, 0) is 4.84 Å². The van der Waals surface area contributed by atoms with Crippen molar-refractivity contribution < 1.29 is 9.63 Å². The summed E-state index contributed by atoms with van der Waals surface area (Å²) in [6.45, 7) is 0. The summed E-state index contributed by atoms with van der Waals surface area (Å²) in [6, 6.07) is 15.6. The Bertz CT molecular complexity index is 612. The van der Waals surface area contributed by atoms with Gasteiger partial charge in [-0.1, -0.05) is 36.0 Å². The number of fused-ring (bicyclic) bond motifs is 2. The molecule has 1 aliphatic rings. The van der Waals surface area contributed by atoms with E-state index in [0.29, 0.717) is 0 Å². The normalized spacial score (nSPS) is 12.8. The summed E-state index contributed by atoms with van der Waals surface area (Å²) in [5.41, 5.74) is 1.70. The van der Waals surface area contributed by atoms with Crippen molar-refractivity contribution in [3.63, 3.8) is 0 Å². The van der Waals surface area contributed by atoms with E-state index in [-0.39, 0.29) is 0 Å². The lowest BCUT2D eigenvalue weighted by atomic mass is 10.2. The fourth-order valence-corrected chi connectivity index (χ4v) is 3.16. The molecule has 4 nitrogen and oxygen atoms in total. The lowest BCUT2D eigenvalue weighted by Crippen LogP contribution is -2.33. The topological polar surface area (TPSA) is 32.8 Å². The van der Waals surface area contributed by atoms with Crippen molar-refractivity contribution in [3.05, 3.63) is 48.5 Å². The van der Waals surface area contributed by atoms with E-state index in [1.54, 1.807) is 30.8 Å². The van der Waals surface area contributed by atoms with Gasteiger partial charge < -0.3 is 4.84 Å². The first-order valence-corrected chi connectivity index (χ1v) is 7.04. The second-order valence-corrected chi connectivity index (χ2v) is 5.63. The molecule has 102 valence electrons. The fraction of sp³-hybridized carbons (Fsp3) is 0.133. The monoisotopic (exact) mass is 286 g/mol. The molecule has 0 aliphatic carbocycles. The Morgan fingerprint density at radius 3 is 2.00 bits per heavy atom. The van der Waals surface area contributed by atoms with Crippen LogP contribution in [0.1, 0.15) is 0 Å². The molecule has 0 N–H and O–H groups in total. The minimum absolute atomic E-state index is 0.407. The molecule has 0 aromatic heterocycles. The second kappa shape index (κ2) is 5.19. The summed E-state index contributed by atoms with van der Waals surface area (Å²) in [4.78, 5) is 21.3. The summed E-state index contributed by atoms with van der Waals surface area (Å²) in [5, 5.41) is 1.40. The number of rotatable bonds is 1. The first kappa shape index (κ1) is 13.0. The van der Waals surface area contributed by atoms with Crippen molar-refractivity contribution >= 4 is 29.2 Å². The molecular weight excluding hydrogens is 272 g/mol. The first-order chi connectivity index (χ1) is 9.66. The predicted octanol–water partition coefficient (Wildman–Crippen LogP) is 3.90. The summed E-state index contributed by atoms with van der Waals surface area (Å²) in [6.07, 6.45) is -0.407. The highest BCUT2D eigenvalue weighted by Gasteiger charge is 2.29. The second-order valence-electron chi connectivity index (χ2n) is 4.54. The molecule has 0 fully saturated rings. The van der Waals surface area contributed by atoms with Crippen LogP contribution in [0.3, 0.4) is 0 Å². The lowest BCUT2D eigenvalue weighted by molar-refractivity contribution is -0.0500. The Balaban J connectivity index is 2.10. The molecule has 0 unspecified atom stereocenters. The maximum atomic E-state index is 12.4. The summed E-state index contributed by atoms with van der Waals surface area (Å²) >= 11 is 1.66. The Morgan fingerprint density at radius 1 is 1.00 bits per heavy atom. The average Bonchev–Trinajstić information content (AvgIpc) is 2.43. The van der Waals surface area contributed by atoms with E-state index in [2.05, 4.69) is 0 Å². The van der Waals surface area contributed by atoms with Crippen LogP contribution in [0.4, 0.5) is 16.2 Å². The van der Waals surface area contributed by atoms with Crippen LogP contribution in [0, 0.1) is 0 Å². The molecule has 5 heteroatoms. The van der Waals surface area contributed by atoms with Crippen LogP contribution in [0.5, 0.6) is 0 Å². The van der Waals surface area contributed by atoms with Gasteiger partial charge in [-0.15, -0.1) is 5.06 Å². The standard InChI is InChI=1S/C15H14N2O2S/c1-16(2)19-15(18)17-11-7-3-5-9-13(11)20-14-10-6-4-8-12(14)17/h3-10H,1-2H3. The summed E-state index contributed by atoms with van der Waals surface area (Å²) < 4.78 is 0. The van der Waals surface area contributed by atoms with Crippen molar-refractivity contribution in [2.24, 2.45) is 0 Å². The average molecular weight is 286 g/mol. The SMILES string of the molecule is CN(C)OC(=O)N1c2ccccc2Sc2ccccc21. The Kier molecular flexibility index (Phi) is 3.38. The Morgan fingerprint density at radius 2 is 1.50 bits per heavy atom. The molecular formula is C15H14N2O2S. The van der Waals surface area contributed by atoms with Crippen molar-refractivity contribution in [1.82, 2.24) is 5.06 Å². The molecule has 0 atom stereocenters. The largest absolute Gasteiger partial charge is 0.438 e. The smallest absolute Gasteiger partial charge is 0.351 e. The number of carbonyl (C=O) groups excluding carboxylic acids is 1. The van der Waals surface area contributed by atoms with Crippen molar-refractivity contribution in [2.75, 3.05) is 19.0 Å². The number of carbonyl (C=O) groups is 1. The number of nitrogens with zero attached hydrogens (tertiary/aromatic N) is 2. The van der Waals surface area contributed by atoms with E-state index < -0.39 is 6.09 Å². The predicted molar refractivity (Wildman–Crippen MR) is 79.3 cm³/mol. The van der Waals surface area contributed by atoms with E-state index in [1.165, 1.54) is 5.06 Å². The molecule has 0 bridgehead atoms. The van der Waals surface area contributed by atoms with Crippen LogP contribution in [0.25, 0.3) is 0 Å². The van der Waals surface area contributed by atoms with E-state index in [0.717, 1.165) is 21.2 Å². The maximum absolute atomic E-state index is 12.4. The molecule has 20 heavy (non-hydrogen) atoms. The van der Waals surface area contributed by atoms with E-state index in [1.807, 2.05) is 48.5 Å². The summed E-state index contributed by atoms with van der Waals surface area (Å²) in [7, 11) is 3.38. The third-order valence-electron chi connectivity index (χ3n) is 2.88. The number of hydrogen-bond donors (Lipinski definition) is 0. The highest BCUT2D eigenvalue weighted by molar-refractivity contribution is 7.99. The number of benzene rings is 2. The van der Waals surface area contributed by atoms with E-state index >= 15 is 0 Å². The quantitative estimate of drug-likeness (QED) is 0.744. The minimum Gasteiger partial charge on any atom is -0.351 e. The van der Waals surface area contributed by atoms with Gasteiger partial charge in [0.15, 0.2) is 0 Å². The zero-order valence-corrected chi connectivity index (χ0v) is 12.1. The van der Waals surface area contributed by atoms with Gasteiger partial charge in [-0.05, 0) is 24.3 Å². The number of hydrogen-bond acceptors (Lipinski definition) is 4. The lowest BCUT2D eigenvalue weighted by Gasteiger charge is -2.30. The zero-order chi connectivity index (χ0) is 14.1. The minimum atomic E-state index is -0.407. The highest BCUT2D eigenvalue weighted by Crippen LogP contribution is 2.47. The van der Waals surface area contributed by atoms with Gasteiger partial charge in [-0.2, -0.15) is 0 Å². The van der Waals surface area contributed by atoms with Gasteiger partial charge in [0.1, 0.15) is 0 Å². The fourth-order valence-electron chi connectivity index (χ4n) is 2.10. The molecule has 0 saturated carbocycles. The Labute approximate surface area is 121 Å². The molecule has 2 aromatic carbocycles. The molecule has 1 aliphatic heterocycles.